The fourth-order valence-corrected chi connectivity index (χ4v) is 2.64. The molecule has 0 spiro atoms. The maximum Gasteiger partial charge on any atom is 0.240 e. The molecule has 0 saturated carbocycles. The molecular weight excluding hydrogens is 236 g/mol. The summed E-state index contributed by atoms with van der Waals surface area (Å²) >= 11 is 0. The molecule has 1 heterocycles. The van der Waals surface area contributed by atoms with E-state index < -0.39 is 0 Å². The summed E-state index contributed by atoms with van der Waals surface area (Å²) in [5.41, 5.74) is 0. The summed E-state index contributed by atoms with van der Waals surface area (Å²) < 4.78 is 0. The highest BCUT2D eigenvalue weighted by Crippen LogP contribution is 2.13. The lowest BCUT2D eigenvalue weighted by atomic mass is 10.0. The first-order valence-electron chi connectivity index (χ1n) is 8.17. The molecule has 0 aromatic rings. The number of hydrogen-bond acceptors (Lipinski definition) is 2. The normalized spacial score (nSPS) is 19.7. The molecule has 1 fully saturated rings. The molecule has 1 saturated heterocycles. The SMILES string of the molecule is CCCCC1NCN(CCCCCCC(C)C)C1=O. The molecule has 112 valence electrons. The maximum atomic E-state index is 12.1. The Morgan fingerprint density at radius 2 is 1.95 bits per heavy atom. The van der Waals surface area contributed by atoms with Crippen LogP contribution in [0.15, 0.2) is 0 Å². The molecule has 1 rings (SSSR count). The van der Waals surface area contributed by atoms with Gasteiger partial charge >= 0.3 is 0 Å². The first-order valence-corrected chi connectivity index (χ1v) is 8.17. The van der Waals surface area contributed by atoms with Crippen LogP contribution in [-0.4, -0.2) is 30.1 Å². The summed E-state index contributed by atoms with van der Waals surface area (Å²) in [7, 11) is 0. The van der Waals surface area contributed by atoms with Crippen molar-refractivity contribution in [3.63, 3.8) is 0 Å². The Balaban J connectivity index is 2.05. The minimum Gasteiger partial charge on any atom is -0.329 e. The standard InChI is InChI=1S/C16H32N2O/c1-4-5-11-15-16(19)18(13-17-15)12-9-7-6-8-10-14(2)3/h14-15,17H,4-13H2,1-3H3. The average Bonchev–Trinajstić information content (AvgIpc) is 2.72. The second-order valence-electron chi connectivity index (χ2n) is 6.26. The van der Waals surface area contributed by atoms with Crippen molar-refractivity contribution in [3.8, 4) is 0 Å². The minimum atomic E-state index is 0.0980. The van der Waals surface area contributed by atoms with Gasteiger partial charge in [0.1, 0.15) is 0 Å². The van der Waals surface area contributed by atoms with Crippen molar-refractivity contribution in [2.45, 2.75) is 78.2 Å². The Hall–Kier alpha value is -0.570. The van der Waals surface area contributed by atoms with Crippen LogP contribution in [0.4, 0.5) is 0 Å². The van der Waals surface area contributed by atoms with Crippen molar-refractivity contribution < 1.29 is 4.79 Å². The molecule has 1 aliphatic heterocycles. The number of nitrogens with zero attached hydrogens (tertiary/aromatic N) is 1. The van der Waals surface area contributed by atoms with E-state index in [0.29, 0.717) is 5.91 Å². The summed E-state index contributed by atoms with van der Waals surface area (Å²) in [5.74, 6) is 1.15. The smallest absolute Gasteiger partial charge is 0.240 e. The molecule has 1 atom stereocenters. The van der Waals surface area contributed by atoms with E-state index in [0.717, 1.165) is 38.4 Å². The fourth-order valence-electron chi connectivity index (χ4n) is 2.64. The van der Waals surface area contributed by atoms with Gasteiger partial charge in [-0.1, -0.05) is 59.3 Å². The predicted octanol–water partition coefficient (Wildman–Crippen LogP) is 3.54. The Morgan fingerprint density at radius 1 is 1.21 bits per heavy atom. The minimum absolute atomic E-state index is 0.0980. The molecule has 3 nitrogen and oxygen atoms in total. The van der Waals surface area contributed by atoms with Gasteiger partial charge in [-0.25, -0.2) is 0 Å². The number of carbonyl (C=O) groups excluding carboxylic acids is 1. The number of unbranched alkanes of at least 4 members (excludes halogenated alkanes) is 4. The van der Waals surface area contributed by atoms with Crippen LogP contribution in [0.3, 0.4) is 0 Å². The first kappa shape index (κ1) is 16.5. The van der Waals surface area contributed by atoms with Crippen molar-refractivity contribution in [3.05, 3.63) is 0 Å². The van der Waals surface area contributed by atoms with Gasteiger partial charge in [0, 0.05) is 6.54 Å². The fraction of sp³-hybridized carbons (Fsp3) is 0.938. The molecule has 3 heteroatoms. The Labute approximate surface area is 119 Å². The zero-order chi connectivity index (χ0) is 14.1. The molecular formula is C16H32N2O. The molecule has 0 aliphatic carbocycles. The van der Waals surface area contributed by atoms with Crippen LogP contribution in [0.5, 0.6) is 0 Å². The van der Waals surface area contributed by atoms with E-state index in [9.17, 15) is 4.79 Å². The maximum absolute atomic E-state index is 12.1. The monoisotopic (exact) mass is 268 g/mol. The van der Waals surface area contributed by atoms with Gasteiger partial charge in [0.25, 0.3) is 0 Å². The number of nitrogens with one attached hydrogen (secondary N) is 1. The third-order valence-electron chi connectivity index (χ3n) is 3.94. The van der Waals surface area contributed by atoms with E-state index in [1.54, 1.807) is 0 Å². The van der Waals surface area contributed by atoms with E-state index in [-0.39, 0.29) is 6.04 Å². The van der Waals surface area contributed by atoms with Crippen LogP contribution < -0.4 is 5.32 Å². The quantitative estimate of drug-likeness (QED) is 0.615. The zero-order valence-corrected chi connectivity index (χ0v) is 13.1. The van der Waals surface area contributed by atoms with E-state index in [1.807, 2.05) is 4.90 Å². The van der Waals surface area contributed by atoms with Gasteiger partial charge in [0.15, 0.2) is 0 Å². The van der Waals surface area contributed by atoms with Gasteiger partial charge in [-0.15, -0.1) is 0 Å². The summed E-state index contributed by atoms with van der Waals surface area (Å²) in [6, 6.07) is 0.0980. The zero-order valence-electron chi connectivity index (χ0n) is 13.1. The van der Waals surface area contributed by atoms with Gasteiger partial charge in [-0.05, 0) is 18.8 Å². The van der Waals surface area contributed by atoms with E-state index in [4.69, 9.17) is 0 Å². The number of hydrogen-bond donors (Lipinski definition) is 1. The molecule has 1 unspecified atom stereocenters. The average molecular weight is 268 g/mol. The van der Waals surface area contributed by atoms with E-state index >= 15 is 0 Å². The predicted molar refractivity (Wildman–Crippen MR) is 81.0 cm³/mol. The van der Waals surface area contributed by atoms with E-state index in [2.05, 4.69) is 26.1 Å². The lowest BCUT2D eigenvalue weighted by Crippen LogP contribution is -2.31. The largest absolute Gasteiger partial charge is 0.329 e. The first-order chi connectivity index (χ1) is 9.15. The molecule has 19 heavy (non-hydrogen) atoms. The van der Waals surface area contributed by atoms with Crippen molar-refractivity contribution in [2.24, 2.45) is 5.92 Å². The van der Waals surface area contributed by atoms with Crippen molar-refractivity contribution in [1.29, 1.82) is 0 Å². The highest BCUT2D eigenvalue weighted by Gasteiger charge is 2.29. The Kier molecular flexibility index (Phi) is 8.11. The van der Waals surface area contributed by atoms with Crippen LogP contribution in [0.25, 0.3) is 0 Å². The van der Waals surface area contributed by atoms with Gasteiger partial charge in [0.2, 0.25) is 5.91 Å². The van der Waals surface area contributed by atoms with Crippen LogP contribution in [-0.2, 0) is 4.79 Å². The lowest BCUT2D eigenvalue weighted by Gasteiger charge is -2.15. The second-order valence-corrected chi connectivity index (χ2v) is 6.26. The molecule has 1 N–H and O–H groups in total. The highest BCUT2D eigenvalue weighted by atomic mass is 16.2. The summed E-state index contributed by atoms with van der Waals surface area (Å²) in [5, 5.41) is 3.33. The molecule has 0 aromatic carbocycles. The topological polar surface area (TPSA) is 32.3 Å². The number of carbonyl (C=O) groups is 1. The number of rotatable bonds is 10. The van der Waals surface area contributed by atoms with Gasteiger partial charge in [-0.3, -0.25) is 10.1 Å². The molecule has 0 radical (unpaired) electrons. The molecule has 0 aromatic heterocycles. The summed E-state index contributed by atoms with van der Waals surface area (Å²) in [6.07, 6.45) is 9.72. The number of amides is 1. The van der Waals surface area contributed by atoms with Gasteiger partial charge < -0.3 is 4.90 Å². The third kappa shape index (κ3) is 6.42. The molecule has 1 aliphatic rings. The van der Waals surface area contributed by atoms with Gasteiger partial charge in [0.05, 0.1) is 12.7 Å². The second kappa shape index (κ2) is 9.35. The molecule has 1 amide bonds. The van der Waals surface area contributed by atoms with Gasteiger partial charge in [-0.2, -0.15) is 0 Å². The van der Waals surface area contributed by atoms with E-state index in [1.165, 1.54) is 32.1 Å². The highest BCUT2D eigenvalue weighted by molar-refractivity contribution is 5.83. The van der Waals surface area contributed by atoms with Crippen LogP contribution in [0.1, 0.15) is 72.1 Å². The van der Waals surface area contributed by atoms with Crippen molar-refractivity contribution in [2.75, 3.05) is 13.2 Å². The summed E-state index contributed by atoms with van der Waals surface area (Å²) in [6.45, 7) is 8.44. The third-order valence-corrected chi connectivity index (χ3v) is 3.94. The van der Waals surface area contributed by atoms with Crippen LogP contribution >= 0.6 is 0 Å². The van der Waals surface area contributed by atoms with Crippen molar-refractivity contribution in [1.82, 2.24) is 10.2 Å². The lowest BCUT2D eigenvalue weighted by molar-refractivity contribution is -0.129. The summed E-state index contributed by atoms with van der Waals surface area (Å²) in [4.78, 5) is 14.1. The molecule has 0 bridgehead atoms. The Bertz CT molecular complexity index is 253. The van der Waals surface area contributed by atoms with Crippen LogP contribution in [0, 0.1) is 5.92 Å². The Morgan fingerprint density at radius 3 is 2.63 bits per heavy atom. The van der Waals surface area contributed by atoms with Crippen molar-refractivity contribution >= 4 is 5.91 Å². The van der Waals surface area contributed by atoms with Crippen LogP contribution in [0.2, 0.25) is 0 Å².